The summed E-state index contributed by atoms with van der Waals surface area (Å²) in [5.74, 6) is 0. The third-order valence-electron chi connectivity index (χ3n) is 12.2. The summed E-state index contributed by atoms with van der Waals surface area (Å²) in [6.45, 7) is 0. The van der Waals surface area contributed by atoms with E-state index in [-0.39, 0.29) is 0 Å². The molecule has 61 heavy (non-hydrogen) atoms. The maximum atomic E-state index is 2.44. The molecule has 0 spiro atoms. The Labute approximate surface area is 358 Å². The maximum Gasteiger partial charge on any atom is 0.0541 e. The monoisotopic (exact) mass is 794 g/mol. The molecule has 0 aliphatic carbocycles. The average Bonchev–Trinajstić information content (AvgIpc) is 3.88. The van der Waals surface area contributed by atoms with Gasteiger partial charge in [0, 0.05) is 53.6 Å². The molecule has 0 radical (unpaired) electrons. The van der Waals surface area contributed by atoms with Crippen LogP contribution in [-0.2, 0) is 0 Å². The van der Waals surface area contributed by atoms with Gasteiger partial charge >= 0.3 is 0 Å². The number of hydrogen-bond donors (Lipinski definition) is 0. The second kappa shape index (κ2) is 14.5. The van der Waals surface area contributed by atoms with Gasteiger partial charge in [0.05, 0.1) is 16.7 Å². The molecule has 0 N–H and O–H groups in total. The van der Waals surface area contributed by atoms with Crippen molar-refractivity contribution in [2.75, 3.05) is 4.90 Å². The third-order valence-corrected chi connectivity index (χ3v) is 13.3. The normalized spacial score (nSPS) is 11.6. The predicted molar refractivity (Wildman–Crippen MR) is 262 cm³/mol. The Morgan fingerprint density at radius 3 is 1.75 bits per heavy atom. The molecule has 0 fully saturated rings. The summed E-state index contributed by atoms with van der Waals surface area (Å²) in [6, 6.07) is 84.3. The SMILES string of the molecule is c1cc(-c2ccc(N(c3cccc(-n4c5ccccc5c5ccccc54)c3)c3ccccc3-c3cccc4sc5ccccc5c34)cc2)cc(-c2ccc3ccccc3c2)c1. The number of nitrogens with zero attached hydrogens (tertiary/aromatic N) is 2. The third kappa shape index (κ3) is 6.01. The van der Waals surface area contributed by atoms with Crippen molar-refractivity contribution in [3.8, 4) is 39.1 Å². The second-order valence-electron chi connectivity index (χ2n) is 15.7. The molecule has 2 nitrogen and oxygen atoms in total. The number of benzene rings is 10. The quantitative estimate of drug-likeness (QED) is 0.156. The van der Waals surface area contributed by atoms with E-state index in [2.05, 4.69) is 240 Å². The van der Waals surface area contributed by atoms with Crippen LogP contribution in [0.5, 0.6) is 0 Å². The van der Waals surface area contributed by atoms with Crippen LogP contribution in [0.1, 0.15) is 0 Å². The Hall–Kier alpha value is -7.72. The van der Waals surface area contributed by atoms with Gasteiger partial charge in [-0.05, 0) is 111 Å². The molecule has 0 unspecified atom stereocenters. The van der Waals surface area contributed by atoms with Gasteiger partial charge in [0.1, 0.15) is 0 Å². The molecule has 0 saturated heterocycles. The summed E-state index contributed by atoms with van der Waals surface area (Å²) >= 11 is 1.86. The van der Waals surface area contributed by atoms with E-state index in [0.717, 1.165) is 22.7 Å². The summed E-state index contributed by atoms with van der Waals surface area (Å²) in [5, 5.41) is 7.61. The van der Waals surface area contributed by atoms with E-state index in [4.69, 9.17) is 0 Å². The lowest BCUT2D eigenvalue weighted by Crippen LogP contribution is -2.12. The summed E-state index contributed by atoms with van der Waals surface area (Å²) in [5.41, 5.74) is 14.0. The largest absolute Gasteiger partial charge is 0.310 e. The highest BCUT2D eigenvalue weighted by Gasteiger charge is 2.21. The van der Waals surface area contributed by atoms with Gasteiger partial charge in [0.15, 0.2) is 0 Å². The van der Waals surface area contributed by atoms with Gasteiger partial charge in [-0.25, -0.2) is 0 Å². The van der Waals surface area contributed by atoms with Gasteiger partial charge < -0.3 is 9.47 Å². The van der Waals surface area contributed by atoms with Crippen molar-refractivity contribution in [2.24, 2.45) is 0 Å². The first-order valence-electron chi connectivity index (χ1n) is 20.8. The first kappa shape index (κ1) is 35.2. The number of para-hydroxylation sites is 3. The van der Waals surface area contributed by atoms with Crippen LogP contribution in [-0.4, -0.2) is 4.57 Å². The highest BCUT2D eigenvalue weighted by atomic mass is 32.1. The van der Waals surface area contributed by atoms with Gasteiger partial charge in [-0.15, -0.1) is 11.3 Å². The Balaban J connectivity index is 1.02. The van der Waals surface area contributed by atoms with Crippen molar-refractivity contribution in [1.82, 2.24) is 4.57 Å². The molecule has 0 bridgehead atoms. The van der Waals surface area contributed by atoms with Crippen LogP contribution in [0.15, 0.2) is 231 Å². The highest BCUT2D eigenvalue weighted by molar-refractivity contribution is 7.25. The smallest absolute Gasteiger partial charge is 0.0541 e. The summed E-state index contributed by atoms with van der Waals surface area (Å²) in [6.07, 6.45) is 0. The molecule has 0 amide bonds. The number of anilines is 3. The first-order chi connectivity index (χ1) is 30.2. The summed E-state index contributed by atoms with van der Waals surface area (Å²) in [4.78, 5) is 2.44. The van der Waals surface area contributed by atoms with Crippen molar-refractivity contribution in [3.63, 3.8) is 0 Å². The lowest BCUT2D eigenvalue weighted by atomic mass is 9.96. The van der Waals surface area contributed by atoms with Gasteiger partial charge in [-0.3, -0.25) is 0 Å². The van der Waals surface area contributed by atoms with Crippen LogP contribution in [0.3, 0.4) is 0 Å². The summed E-state index contributed by atoms with van der Waals surface area (Å²) < 4.78 is 5.00. The molecule has 10 aromatic carbocycles. The number of rotatable bonds is 7. The fraction of sp³-hybridized carbons (Fsp3) is 0. The van der Waals surface area contributed by atoms with E-state index in [1.165, 1.54) is 86.1 Å². The van der Waals surface area contributed by atoms with E-state index in [1.807, 2.05) is 11.3 Å². The lowest BCUT2D eigenvalue weighted by Gasteiger charge is -2.29. The average molecular weight is 795 g/mol. The fourth-order valence-corrected chi connectivity index (χ4v) is 10.5. The van der Waals surface area contributed by atoms with Crippen molar-refractivity contribution in [3.05, 3.63) is 231 Å². The molecule has 12 rings (SSSR count). The van der Waals surface area contributed by atoms with Crippen molar-refractivity contribution < 1.29 is 0 Å². The standard InChI is InChI=1S/C58H38N2S/c1-2-15-41-37-44(31-30-39(41)14-1)43-17-11-16-42(36-43)40-32-34-45(35-33-40)59(46-18-12-19-47(38-46)60-54-26-8-3-20-48(54)49-21-4-9-27-55(49)60)53-25-7-5-22-50(53)51-24-13-29-57-58(51)52-23-6-10-28-56(52)61-57/h1-38H. The molecule has 12 aromatic rings. The molecule has 0 aliphatic rings. The van der Waals surface area contributed by atoms with Crippen LogP contribution in [0.2, 0.25) is 0 Å². The molecular formula is C58H38N2S. The topological polar surface area (TPSA) is 8.17 Å². The molecule has 0 saturated carbocycles. The van der Waals surface area contributed by atoms with E-state index in [0.29, 0.717) is 0 Å². The molecule has 3 heteroatoms. The Bertz CT molecular complexity index is 3560. The molecule has 0 aliphatic heterocycles. The van der Waals surface area contributed by atoms with Crippen molar-refractivity contribution in [2.45, 2.75) is 0 Å². The van der Waals surface area contributed by atoms with Gasteiger partial charge in [-0.1, -0.05) is 158 Å². The van der Waals surface area contributed by atoms with E-state index in [1.54, 1.807) is 0 Å². The number of aromatic nitrogens is 1. The molecule has 286 valence electrons. The van der Waals surface area contributed by atoms with Gasteiger partial charge in [0.2, 0.25) is 0 Å². The van der Waals surface area contributed by atoms with Crippen LogP contribution < -0.4 is 4.90 Å². The predicted octanol–water partition coefficient (Wildman–Crippen LogP) is 16.8. The number of thiophene rings is 1. The molecule has 0 atom stereocenters. The highest BCUT2D eigenvalue weighted by Crippen LogP contribution is 2.47. The maximum absolute atomic E-state index is 2.44. The van der Waals surface area contributed by atoms with Crippen LogP contribution >= 0.6 is 11.3 Å². The molecular weight excluding hydrogens is 757 g/mol. The Morgan fingerprint density at radius 1 is 0.344 bits per heavy atom. The first-order valence-corrected chi connectivity index (χ1v) is 21.6. The Kier molecular flexibility index (Phi) is 8.39. The Morgan fingerprint density at radius 2 is 0.934 bits per heavy atom. The second-order valence-corrected chi connectivity index (χ2v) is 16.8. The fourth-order valence-electron chi connectivity index (χ4n) is 9.34. The van der Waals surface area contributed by atoms with Crippen LogP contribution in [0, 0.1) is 0 Å². The van der Waals surface area contributed by atoms with Crippen LogP contribution in [0.25, 0.3) is 91.8 Å². The minimum Gasteiger partial charge on any atom is -0.310 e. The zero-order valence-electron chi connectivity index (χ0n) is 33.2. The van der Waals surface area contributed by atoms with E-state index < -0.39 is 0 Å². The van der Waals surface area contributed by atoms with Gasteiger partial charge in [-0.2, -0.15) is 0 Å². The summed E-state index contributed by atoms with van der Waals surface area (Å²) in [7, 11) is 0. The van der Waals surface area contributed by atoms with E-state index in [9.17, 15) is 0 Å². The zero-order chi connectivity index (χ0) is 40.3. The van der Waals surface area contributed by atoms with Gasteiger partial charge in [0.25, 0.3) is 0 Å². The van der Waals surface area contributed by atoms with Crippen molar-refractivity contribution in [1.29, 1.82) is 0 Å². The van der Waals surface area contributed by atoms with E-state index >= 15 is 0 Å². The van der Waals surface area contributed by atoms with Crippen molar-refractivity contribution >= 4 is 81.1 Å². The minimum absolute atomic E-state index is 1.08. The minimum atomic E-state index is 1.08. The molecule has 2 heterocycles. The molecule has 2 aromatic heterocycles. The number of fused-ring (bicyclic) bond motifs is 7. The lowest BCUT2D eigenvalue weighted by molar-refractivity contribution is 1.17. The number of hydrogen-bond acceptors (Lipinski definition) is 2. The van der Waals surface area contributed by atoms with Crippen LogP contribution in [0.4, 0.5) is 17.1 Å². The zero-order valence-corrected chi connectivity index (χ0v) is 34.1.